The van der Waals surface area contributed by atoms with Crippen molar-refractivity contribution in [1.29, 1.82) is 0 Å². The first-order chi connectivity index (χ1) is 48.6. The number of likely N-dealkylation sites (N-methyl/N-ethyl adjacent to an activating group) is 1. The van der Waals surface area contributed by atoms with Crippen LogP contribution in [0.2, 0.25) is 0 Å². The molecule has 0 aliphatic rings. The van der Waals surface area contributed by atoms with Gasteiger partial charge in [-0.15, -0.1) is 0 Å². The first kappa shape index (κ1) is 93.4. The maximum Gasteiger partial charge on any atom is 0.361 e. The summed E-state index contributed by atoms with van der Waals surface area (Å²) in [6.45, 7) is 4.64. The van der Waals surface area contributed by atoms with Crippen molar-refractivity contribution < 1.29 is 42.9 Å². The van der Waals surface area contributed by atoms with Gasteiger partial charge in [0, 0.05) is 12.8 Å². The highest BCUT2D eigenvalue weighted by Gasteiger charge is 2.25. The molecule has 560 valence electrons. The average molecular weight is 1370 g/mol. The van der Waals surface area contributed by atoms with E-state index in [4.69, 9.17) is 18.9 Å². The number of carboxylic acids is 1. The van der Waals surface area contributed by atoms with Crippen LogP contribution in [0.25, 0.3) is 0 Å². The number of unbranched alkanes of at least 4 members (excludes halogenated alkanes) is 27. The van der Waals surface area contributed by atoms with Gasteiger partial charge in [0.2, 0.25) is 0 Å². The van der Waals surface area contributed by atoms with Gasteiger partial charge in [-0.2, -0.15) is 0 Å². The molecule has 2 unspecified atom stereocenters. The molecule has 0 spiro atoms. The number of hydrogen-bond donors (Lipinski definition) is 1. The summed E-state index contributed by atoms with van der Waals surface area (Å²) in [6.07, 6.45) is 116. The highest BCUT2D eigenvalue weighted by Crippen LogP contribution is 2.17. The van der Waals surface area contributed by atoms with Gasteiger partial charge < -0.3 is 28.5 Å². The minimum Gasteiger partial charge on any atom is -0.477 e. The Balaban J connectivity index is 4.11. The quantitative estimate of drug-likeness (QED) is 0.0211. The van der Waals surface area contributed by atoms with Crippen molar-refractivity contribution in [2.45, 2.75) is 322 Å². The van der Waals surface area contributed by atoms with Gasteiger partial charge in [0.25, 0.3) is 6.29 Å². The van der Waals surface area contributed by atoms with Crippen molar-refractivity contribution in [3.8, 4) is 0 Å². The zero-order valence-corrected chi connectivity index (χ0v) is 64.1. The topological polar surface area (TPSA) is 108 Å². The standard InChI is InChI=1S/C90H147NO8/c1-6-8-10-12-14-16-18-20-22-24-26-28-30-32-34-36-38-40-42-44-46-48-50-52-54-56-58-60-62-64-66-68-70-72-74-76-78-80-87(92)97-84-86(85-98-90(89(94)95)96-83-82-91(3,4)5)99-88(93)81-79-77-75-73-71-69-67-65-63-61-59-57-55-53-51-49-47-45-43-41-39-37-35-33-31-29-27-25-23-21-19-17-15-13-11-9-7-2/h8-11,14-17,20-23,26-29,32-35,39,41,45,47,51,53,57,59,63,65,86,90H,6-7,12-13,18-19,24-25,30-31,36-38,40,42-44,46,48-50,52,54-56,58,60-62,64,66-85H2,1-5H3/p+1/b10-8-,11-9-,16-14-,17-15-,22-20-,23-21-,28-26-,29-27-,34-32-,35-33-,41-39-,47-45-,53-51-,59-57-,65-63-. The number of hydrogen-bond acceptors (Lipinski definition) is 7. The van der Waals surface area contributed by atoms with Crippen molar-refractivity contribution >= 4 is 17.9 Å². The Morgan fingerprint density at radius 1 is 0.303 bits per heavy atom. The van der Waals surface area contributed by atoms with Crippen molar-refractivity contribution in [3.05, 3.63) is 182 Å². The Hall–Kier alpha value is -5.61. The maximum absolute atomic E-state index is 13.0. The van der Waals surface area contributed by atoms with Crippen LogP contribution in [0.15, 0.2) is 182 Å². The summed E-state index contributed by atoms with van der Waals surface area (Å²) < 4.78 is 23.0. The number of ether oxygens (including phenoxy) is 4. The average Bonchev–Trinajstić information content (AvgIpc) is 2.19. The zero-order valence-electron chi connectivity index (χ0n) is 64.1. The molecule has 0 fully saturated rings. The minimum atomic E-state index is -1.53. The summed E-state index contributed by atoms with van der Waals surface area (Å²) in [7, 11) is 5.97. The largest absolute Gasteiger partial charge is 0.477 e. The van der Waals surface area contributed by atoms with Gasteiger partial charge in [-0.25, -0.2) is 4.79 Å². The molecule has 0 amide bonds. The normalized spacial score (nSPS) is 13.7. The number of aliphatic carboxylic acids is 1. The fraction of sp³-hybridized carbons (Fsp3) is 0.633. The molecule has 0 aromatic heterocycles. The molecule has 2 atom stereocenters. The highest BCUT2D eigenvalue weighted by atomic mass is 16.7. The number of nitrogens with zero attached hydrogens (tertiary/aromatic N) is 1. The third-order valence-corrected chi connectivity index (χ3v) is 16.7. The second kappa shape index (κ2) is 78.1. The molecular formula is C90H148NO8+. The van der Waals surface area contributed by atoms with Gasteiger partial charge in [0.15, 0.2) is 6.10 Å². The summed E-state index contributed by atoms with van der Waals surface area (Å²) in [5, 5.41) is 9.78. The fourth-order valence-corrected chi connectivity index (χ4v) is 10.7. The number of allylic oxidation sites excluding steroid dienone is 30. The molecule has 0 aliphatic heterocycles. The molecule has 0 aliphatic carbocycles. The lowest BCUT2D eigenvalue weighted by atomic mass is 10.0. The van der Waals surface area contributed by atoms with Crippen LogP contribution in [0.5, 0.6) is 0 Å². The predicted octanol–water partition coefficient (Wildman–Crippen LogP) is 25.9. The zero-order chi connectivity index (χ0) is 71.8. The summed E-state index contributed by atoms with van der Waals surface area (Å²) in [4.78, 5) is 37.7. The number of carbonyl (C=O) groups excluding carboxylic acids is 2. The highest BCUT2D eigenvalue weighted by molar-refractivity contribution is 5.71. The molecule has 0 rings (SSSR count). The Morgan fingerprint density at radius 2 is 0.545 bits per heavy atom. The van der Waals surface area contributed by atoms with E-state index < -0.39 is 24.3 Å². The Bertz CT molecular complexity index is 2290. The third kappa shape index (κ3) is 79.6. The van der Waals surface area contributed by atoms with Gasteiger partial charge in [-0.05, 0) is 135 Å². The van der Waals surface area contributed by atoms with Crippen LogP contribution < -0.4 is 0 Å². The monoisotopic (exact) mass is 1370 g/mol. The molecule has 9 nitrogen and oxygen atoms in total. The second-order valence-corrected chi connectivity index (χ2v) is 27.3. The van der Waals surface area contributed by atoms with E-state index in [0.717, 1.165) is 154 Å². The third-order valence-electron chi connectivity index (χ3n) is 16.7. The summed E-state index contributed by atoms with van der Waals surface area (Å²) >= 11 is 0. The summed E-state index contributed by atoms with van der Waals surface area (Å²) in [5.74, 6) is -2.03. The molecule has 0 radical (unpaired) electrons. The fourth-order valence-electron chi connectivity index (χ4n) is 10.7. The molecule has 0 bridgehead atoms. The van der Waals surface area contributed by atoms with Crippen LogP contribution in [0.4, 0.5) is 0 Å². The molecular weight excluding hydrogens is 1220 g/mol. The predicted molar refractivity (Wildman–Crippen MR) is 428 cm³/mol. The van der Waals surface area contributed by atoms with E-state index >= 15 is 0 Å². The second-order valence-electron chi connectivity index (χ2n) is 27.3. The lowest BCUT2D eigenvalue weighted by Crippen LogP contribution is -2.40. The van der Waals surface area contributed by atoms with Crippen molar-refractivity contribution in [2.75, 3.05) is 47.5 Å². The van der Waals surface area contributed by atoms with Gasteiger partial charge in [0.05, 0.1) is 34.4 Å². The molecule has 9 heteroatoms. The SMILES string of the molecule is CC/C=C\C/C=C\C/C=C\C/C=C\C/C=C\C/C=C\C/C=C\C/C=C\C/C=C\C/C=C\CCCCCCCCC(=O)OC(COC(=O)CCCCCCCCCCCCCCCCCCCCCCC/C=C\C/C=C\C/C=C\C/C=C\C/C=C\CC)COC(OCC[N+](C)(C)C)C(=O)O. The Kier molecular flexibility index (Phi) is 73.7. The van der Waals surface area contributed by atoms with Crippen molar-refractivity contribution in [2.24, 2.45) is 0 Å². The van der Waals surface area contributed by atoms with Crippen LogP contribution in [0.1, 0.15) is 309 Å². The molecule has 1 N–H and O–H groups in total. The lowest BCUT2D eigenvalue weighted by Gasteiger charge is -2.25. The van der Waals surface area contributed by atoms with Gasteiger partial charge >= 0.3 is 17.9 Å². The maximum atomic E-state index is 13.0. The van der Waals surface area contributed by atoms with Crippen LogP contribution in [-0.4, -0.2) is 87.4 Å². The minimum absolute atomic E-state index is 0.177. The van der Waals surface area contributed by atoms with E-state index in [0.29, 0.717) is 23.9 Å². The molecule has 0 heterocycles. The molecule has 0 aromatic carbocycles. The van der Waals surface area contributed by atoms with Crippen LogP contribution in [0, 0.1) is 0 Å². The van der Waals surface area contributed by atoms with Gasteiger partial charge in [-0.3, -0.25) is 9.59 Å². The first-order valence-electron chi connectivity index (χ1n) is 39.9. The summed E-state index contributed by atoms with van der Waals surface area (Å²) in [6, 6.07) is 0. The molecule has 0 saturated carbocycles. The van der Waals surface area contributed by atoms with Crippen LogP contribution >= 0.6 is 0 Å². The van der Waals surface area contributed by atoms with E-state index in [1.54, 1.807) is 0 Å². The lowest BCUT2D eigenvalue weighted by molar-refractivity contribution is -0.870. The van der Waals surface area contributed by atoms with Crippen LogP contribution in [0.3, 0.4) is 0 Å². The van der Waals surface area contributed by atoms with E-state index in [1.165, 1.54) is 122 Å². The van der Waals surface area contributed by atoms with E-state index in [9.17, 15) is 19.5 Å². The van der Waals surface area contributed by atoms with E-state index in [1.807, 2.05) is 21.1 Å². The van der Waals surface area contributed by atoms with Crippen molar-refractivity contribution in [1.82, 2.24) is 0 Å². The molecule has 0 aromatic rings. The van der Waals surface area contributed by atoms with Crippen molar-refractivity contribution in [3.63, 3.8) is 0 Å². The number of carbonyl (C=O) groups is 3. The Labute approximate surface area is 609 Å². The van der Waals surface area contributed by atoms with E-state index in [-0.39, 0.29) is 32.2 Å². The van der Waals surface area contributed by atoms with E-state index in [2.05, 4.69) is 196 Å². The van der Waals surface area contributed by atoms with Gasteiger partial charge in [-0.1, -0.05) is 344 Å². The molecule has 99 heavy (non-hydrogen) atoms. The number of esters is 2. The first-order valence-corrected chi connectivity index (χ1v) is 39.9. The number of quaternary nitrogens is 1. The molecule has 0 saturated heterocycles. The number of rotatable bonds is 72. The van der Waals surface area contributed by atoms with Crippen LogP contribution in [-0.2, 0) is 33.3 Å². The summed E-state index contributed by atoms with van der Waals surface area (Å²) in [5.41, 5.74) is 0. The smallest absolute Gasteiger partial charge is 0.361 e. The van der Waals surface area contributed by atoms with Gasteiger partial charge in [0.1, 0.15) is 13.2 Å². The Morgan fingerprint density at radius 3 is 0.808 bits per heavy atom. The number of carboxylic acid groups (broad SMARTS) is 1.